The minimum Gasteiger partial charge on any atom is -0.495 e. The molecule has 3 rings (SSSR count). The molecule has 1 aliphatic heterocycles. The number of rotatable bonds is 7. The molecule has 0 fully saturated rings. The lowest BCUT2D eigenvalue weighted by Gasteiger charge is -2.18. The maximum atomic E-state index is 13.2. The summed E-state index contributed by atoms with van der Waals surface area (Å²) in [5.74, 6) is 1.13. The number of thioether (sulfide) groups is 2. The van der Waals surface area contributed by atoms with Crippen LogP contribution in [0, 0.1) is 0 Å². The highest BCUT2D eigenvalue weighted by Crippen LogP contribution is 2.34. The number of ether oxygens (including phenoxy) is 2. The van der Waals surface area contributed by atoms with Crippen LogP contribution >= 0.6 is 23.5 Å². The number of benzene rings is 1. The molecule has 1 atom stereocenters. The van der Waals surface area contributed by atoms with Crippen molar-refractivity contribution in [1.82, 2.24) is 9.55 Å². The summed E-state index contributed by atoms with van der Waals surface area (Å²) in [6.07, 6.45) is 1.34. The van der Waals surface area contributed by atoms with Gasteiger partial charge in [0.1, 0.15) is 11.0 Å². The van der Waals surface area contributed by atoms with Crippen LogP contribution in [0.1, 0.15) is 26.0 Å². The monoisotopic (exact) mass is 406 g/mol. The molecule has 0 radical (unpaired) electrons. The fourth-order valence-corrected chi connectivity index (χ4v) is 4.92. The van der Waals surface area contributed by atoms with E-state index in [0.717, 1.165) is 17.9 Å². The van der Waals surface area contributed by atoms with Crippen molar-refractivity contribution >= 4 is 29.5 Å². The lowest BCUT2D eigenvalue weighted by molar-refractivity contribution is -0.142. The first-order chi connectivity index (χ1) is 13.1. The number of methoxy groups -OCH3 is 1. The molecule has 1 aliphatic rings. The lowest BCUT2D eigenvalue weighted by Crippen LogP contribution is -2.27. The molecule has 0 N–H and O–H groups in total. The van der Waals surface area contributed by atoms with Gasteiger partial charge in [0, 0.05) is 12.2 Å². The predicted octanol–water partition coefficient (Wildman–Crippen LogP) is 3.32. The second kappa shape index (κ2) is 8.84. The van der Waals surface area contributed by atoms with Gasteiger partial charge < -0.3 is 9.47 Å². The van der Waals surface area contributed by atoms with Crippen molar-refractivity contribution in [2.45, 2.75) is 42.0 Å². The van der Waals surface area contributed by atoms with Crippen LogP contribution in [0.2, 0.25) is 0 Å². The van der Waals surface area contributed by atoms with Crippen LogP contribution in [0.5, 0.6) is 5.75 Å². The van der Waals surface area contributed by atoms with Gasteiger partial charge in [-0.25, -0.2) is 4.98 Å². The molecule has 27 heavy (non-hydrogen) atoms. The molecule has 0 aliphatic carbocycles. The van der Waals surface area contributed by atoms with Crippen LogP contribution in [0.3, 0.4) is 0 Å². The Morgan fingerprint density at radius 3 is 2.85 bits per heavy atom. The molecule has 144 valence electrons. The Balaban J connectivity index is 2.14. The highest BCUT2D eigenvalue weighted by molar-refractivity contribution is 8.00. The molecule has 0 saturated carbocycles. The number of fused-ring (bicyclic) bond motifs is 1. The third-order valence-electron chi connectivity index (χ3n) is 4.16. The van der Waals surface area contributed by atoms with E-state index in [1.54, 1.807) is 24.7 Å². The van der Waals surface area contributed by atoms with Gasteiger partial charge in [0.2, 0.25) is 0 Å². The van der Waals surface area contributed by atoms with Crippen molar-refractivity contribution in [2.24, 2.45) is 0 Å². The maximum Gasteiger partial charge on any atom is 0.319 e. The van der Waals surface area contributed by atoms with Gasteiger partial charge in [-0.15, -0.1) is 11.8 Å². The minimum atomic E-state index is -0.426. The average molecular weight is 407 g/mol. The number of esters is 1. The Hall–Kier alpha value is -1.93. The molecule has 2 heterocycles. The first-order valence-electron chi connectivity index (χ1n) is 8.86. The van der Waals surface area contributed by atoms with Gasteiger partial charge in [-0.3, -0.25) is 14.2 Å². The van der Waals surface area contributed by atoms with E-state index in [1.165, 1.54) is 23.5 Å². The molecule has 1 unspecified atom stereocenters. The van der Waals surface area contributed by atoms with Gasteiger partial charge in [0.25, 0.3) is 5.56 Å². The zero-order chi connectivity index (χ0) is 19.4. The van der Waals surface area contributed by atoms with Gasteiger partial charge in [-0.1, -0.05) is 30.8 Å². The van der Waals surface area contributed by atoms with Gasteiger partial charge in [0.05, 0.1) is 30.0 Å². The molecule has 2 aromatic rings. The summed E-state index contributed by atoms with van der Waals surface area (Å²) in [5, 5.41) is 0.0653. The molecule has 1 aromatic heterocycles. The minimum absolute atomic E-state index is 0.117. The van der Waals surface area contributed by atoms with Crippen LogP contribution in [0.4, 0.5) is 0 Å². The van der Waals surface area contributed by atoms with Crippen LogP contribution in [0.25, 0.3) is 5.69 Å². The number of hydrogen-bond acceptors (Lipinski definition) is 7. The van der Waals surface area contributed by atoms with Gasteiger partial charge in [-0.2, -0.15) is 0 Å². The summed E-state index contributed by atoms with van der Waals surface area (Å²) in [5.41, 5.74) is 1.31. The van der Waals surface area contributed by atoms with E-state index in [4.69, 9.17) is 14.5 Å². The summed E-state index contributed by atoms with van der Waals surface area (Å²) in [6, 6.07) is 7.33. The van der Waals surface area contributed by atoms with Crippen LogP contribution in [-0.2, 0) is 16.0 Å². The summed E-state index contributed by atoms with van der Waals surface area (Å²) < 4.78 is 12.2. The first-order valence-corrected chi connectivity index (χ1v) is 10.7. The number of nitrogens with zero attached hydrogens (tertiary/aromatic N) is 2. The number of carbonyl (C=O) groups excluding carboxylic acids is 1. The molecule has 0 amide bonds. The Kier molecular flexibility index (Phi) is 6.49. The number of aromatic nitrogens is 2. The standard InChI is InChI=1S/C19H22N2O4S2/c1-4-15(18(23)25-5-2)27-19-20-12-10-11-26-16(12)17(22)21(19)13-8-6-7-9-14(13)24-3/h6-9,15H,4-5,10-11H2,1-3H3. The fraction of sp³-hybridized carbons (Fsp3) is 0.421. The van der Waals surface area contributed by atoms with Crippen molar-refractivity contribution < 1.29 is 14.3 Å². The van der Waals surface area contributed by atoms with Crippen molar-refractivity contribution in [3.63, 3.8) is 0 Å². The molecule has 8 heteroatoms. The van der Waals surface area contributed by atoms with E-state index in [1.807, 2.05) is 25.1 Å². The lowest BCUT2D eigenvalue weighted by atomic mass is 10.2. The Morgan fingerprint density at radius 1 is 1.37 bits per heavy atom. The Labute approximate surface area is 166 Å². The van der Waals surface area contributed by atoms with E-state index in [0.29, 0.717) is 34.5 Å². The third-order valence-corrected chi connectivity index (χ3v) is 6.56. The van der Waals surface area contributed by atoms with Crippen LogP contribution in [0.15, 0.2) is 39.1 Å². The summed E-state index contributed by atoms with van der Waals surface area (Å²) >= 11 is 2.80. The second-order valence-corrected chi connectivity index (χ2v) is 8.12. The van der Waals surface area contributed by atoms with Gasteiger partial charge >= 0.3 is 5.97 Å². The van der Waals surface area contributed by atoms with E-state index < -0.39 is 5.25 Å². The molecule has 0 spiro atoms. The number of para-hydroxylation sites is 2. The van der Waals surface area contributed by atoms with E-state index in [2.05, 4.69) is 0 Å². The molecule has 0 saturated heterocycles. The maximum absolute atomic E-state index is 13.2. The normalized spacial score (nSPS) is 13.9. The van der Waals surface area contributed by atoms with Crippen molar-refractivity contribution in [1.29, 1.82) is 0 Å². The molecular formula is C19H22N2O4S2. The predicted molar refractivity (Wildman–Crippen MR) is 107 cm³/mol. The quantitative estimate of drug-likeness (QED) is 0.397. The largest absolute Gasteiger partial charge is 0.495 e. The summed E-state index contributed by atoms with van der Waals surface area (Å²) in [6.45, 7) is 4.03. The molecule has 6 nitrogen and oxygen atoms in total. The van der Waals surface area contributed by atoms with Crippen LogP contribution < -0.4 is 10.3 Å². The number of carbonyl (C=O) groups is 1. The van der Waals surface area contributed by atoms with E-state index in [9.17, 15) is 9.59 Å². The zero-order valence-corrected chi connectivity index (χ0v) is 17.2. The van der Waals surface area contributed by atoms with Crippen LogP contribution in [-0.4, -0.2) is 40.2 Å². The number of hydrogen-bond donors (Lipinski definition) is 0. The van der Waals surface area contributed by atoms with Gasteiger partial charge in [-0.05, 0) is 25.5 Å². The SMILES string of the molecule is CCOC(=O)C(CC)Sc1nc2c(c(=O)n1-c1ccccc1OC)SCC2. The van der Waals surface area contributed by atoms with E-state index >= 15 is 0 Å². The summed E-state index contributed by atoms with van der Waals surface area (Å²) in [7, 11) is 1.57. The highest BCUT2D eigenvalue weighted by atomic mass is 32.2. The molecule has 0 bridgehead atoms. The number of aryl methyl sites for hydroxylation is 1. The Bertz CT molecular complexity index is 898. The second-order valence-electron chi connectivity index (χ2n) is 5.85. The fourth-order valence-electron chi connectivity index (χ4n) is 2.86. The molecule has 1 aromatic carbocycles. The van der Waals surface area contributed by atoms with Crippen molar-refractivity contribution in [3.8, 4) is 11.4 Å². The Morgan fingerprint density at radius 2 is 2.15 bits per heavy atom. The average Bonchev–Trinajstić information content (AvgIpc) is 3.15. The van der Waals surface area contributed by atoms with Crippen molar-refractivity contribution in [3.05, 3.63) is 40.3 Å². The first kappa shape index (κ1) is 19.8. The smallest absolute Gasteiger partial charge is 0.319 e. The third kappa shape index (κ3) is 4.01. The van der Waals surface area contributed by atoms with Crippen molar-refractivity contribution in [2.75, 3.05) is 19.5 Å². The highest BCUT2D eigenvalue weighted by Gasteiger charge is 2.27. The van der Waals surface area contributed by atoms with E-state index in [-0.39, 0.29) is 11.5 Å². The topological polar surface area (TPSA) is 70.4 Å². The summed E-state index contributed by atoms with van der Waals surface area (Å²) in [4.78, 5) is 30.9. The zero-order valence-electron chi connectivity index (χ0n) is 15.6. The molecular weight excluding hydrogens is 384 g/mol. The van der Waals surface area contributed by atoms with Gasteiger partial charge in [0.15, 0.2) is 5.16 Å².